The third kappa shape index (κ3) is 9.60. The summed E-state index contributed by atoms with van der Waals surface area (Å²) in [5.41, 5.74) is 3.81. The Bertz CT molecular complexity index is 394. The number of esters is 1. The van der Waals surface area contributed by atoms with Crippen molar-refractivity contribution in [3.63, 3.8) is 0 Å². The number of allylic oxidation sites excluding steroid dienone is 5. The van der Waals surface area contributed by atoms with Gasteiger partial charge in [-0.3, -0.25) is 0 Å². The summed E-state index contributed by atoms with van der Waals surface area (Å²) >= 11 is 0. The second-order valence-electron chi connectivity index (χ2n) is 6.03. The van der Waals surface area contributed by atoms with Crippen molar-refractivity contribution >= 4 is 5.97 Å². The van der Waals surface area contributed by atoms with Crippen molar-refractivity contribution in [2.75, 3.05) is 0 Å². The molecule has 20 heavy (non-hydrogen) atoms. The highest BCUT2D eigenvalue weighted by Crippen LogP contribution is 2.16. The average Bonchev–Trinajstić information content (AvgIpc) is 2.31. The van der Waals surface area contributed by atoms with Crippen molar-refractivity contribution < 1.29 is 9.53 Å². The van der Waals surface area contributed by atoms with Gasteiger partial charge in [0.25, 0.3) is 0 Å². The highest BCUT2D eigenvalue weighted by molar-refractivity contribution is 5.83. The van der Waals surface area contributed by atoms with Gasteiger partial charge < -0.3 is 4.74 Å². The summed E-state index contributed by atoms with van der Waals surface area (Å²) in [6.07, 6.45) is 7.91. The molecule has 1 unspecified atom stereocenters. The Kier molecular flexibility index (Phi) is 8.94. The van der Waals surface area contributed by atoms with Crippen LogP contribution >= 0.6 is 0 Å². The Morgan fingerprint density at radius 3 is 2.20 bits per heavy atom. The maximum absolute atomic E-state index is 11.5. The van der Waals surface area contributed by atoms with Crippen LogP contribution in [0, 0.1) is 5.92 Å². The molecular weight excluding hydrogens is 248 g/mol. The molecule has 0 amide bonds. The Hall–Kier alpha value is -1.31. The largest absolute Gasteiger partial charge is 0.460 e. The summed E-state index contributed by atoms with van der Waals surface area (Å²) in [4.78, 5) is 11.5. The molecule has 0 aromatic rings. The van der Waals surface area contributed by atoms with Crippen molar-refractivity contribution in [1.29, 1.82) is 0 Å². The monoisotopic (exact) mass is 278 g/mol. The number of hydrogen-bond donors (Lipinski definition) is 0. The summed E-state index contributed by atoms with van der Waals surface area (Å²) < 4.78 is 5.08. The van der Waals surface area contributed by atoms with Crippen LogP contribution in [0.15, 0.2) is 34.9 Å². The van der Waals surface area contributed by atoms with Crippen LogP contribution in [0.25, 0.3) is 0 Å². The Labute approximate surface area is 124 Å². The van der Waals surface area contributed by atoms with Gasteiger partial charge in [-0.15, -0.1) is 0 Å². The molecule has 0 aromatic carbocycles. The first-order chi connectivity index (χ1) is 9.22. The predicted octanol–water partition coefficient (Wildman–Crippen LogP) is 5.21. The fourth-order valence-corrected chi connectivity index (χ4v) is 1.61. The van der Waals surface area contributed by atoms with Crippen LogP contribution < -0.4 is 0 Å². The van der Waals surface area contributed by atoms with Crippen LogP contribution in [0.5, 0.6) is 0 Å². The van der Waals surface area contributed by atoms with Crippen LogP contribution in [-0.2, 0) is 9.53 Å². The second kappa shape index (κ2) is 9.57. The molecular formula is C18H30O2. The smallest absolute Gasteiger partial charge is 0.331 e. The molecule has 0 bridgehead atoms. The van der Waals surface area contributed by atoms with Gasteiger partial charge in [0.1, 0.15) is 0 Å². The van der Waals surface area contributed by atoms with Gasteiger partial charge in [0.2, 0.25) is 0 Å². The fourth-order valence-electron chi connectivity index (χ4n) is 1.61. The van der Waals surface area contributed by atoms with E-state index in [9.17, 15) is 4.79 Å². The fraction of sp³-hybridized carbons (Fsp3) is 0.611. The van der Waals surface area contributed by atoms with E-state index in [1.54, 1.807) is 6.08 Å². The zero-order chi connectivity index (χ0) is 15.7. The highest BCUT2D eigenvalue weighted by atomic mass is 16.5. The normalized spacial score (nSPS) is 13.7. The van der Waals surface area contributed by atoms with Gasteiger partial charge >= 0.3 is 5.97 Å². The molecule has 0 saturated carbocycles. The molecule has 0 aromatic heterocycles. The number of carbonyl (C=O) groups excluding carboxylic acids is 1. The Balaban J connectivity index is 4.30. The molecule has 2 nitrogen and oxygen atoms in total. The van der Waals surface area contributed by atoms with E-state index >= 15 is 0 Å². The van der Waals surface area contributed by atoms with Crippen LogP contribution in [-0.4, -0.2) is 12.1 Å². The zero-order valence-corrected chi connectivity index (χ0v) is 14.1. The second-order valence-corrected chi connectivity index (χ2v) is 6.03. The van der Waals surface area contributed by atoms with Crippen molar-refractivity contribution in [2.24, 2.45) is 5.92 Å². The lowest BCUT2D eigenvalue weighted by Crippen LogP contribution is -2.08. The molecule has 0 heterocycles. The van der Waals surface area contributed by atoms with Crippen molar-refractivity contribution in [2.45, 2.75) is 67.4 Å². The molecule has 2 heteroatoms. The minimum absolute atomic E-state index is 0.0681. The van der Waals surface area contributed by atoms with Gasteiger partial charge in [-0.25, -0.2) is 4.79 Å². The van der Waals surface area contributed by atoms with Crippen LogP contribution in [0.3, 0.4) is 0 Å². The average molecular weight is 278 g/mol. The van der Waals surface area contributed by atoms with Gasteiger partial charge in [-0.2, -0.15) is 0 Å². The van der Waals surface area contributed by atoms with E-state index in [0.717, 1.165) is 18.4 Å². The van der Waals surface area contributed by atoms with E-state index in [2.05, 4.69) is 33.8 Å². The first kappa shape index (κ1) is 18.7. The highest BCUT2D eigenvalue weighted by Gasteiger charge is 2.02. The molecule has 0 rings (SSSR count). The van der Waals surface area contributed by atoms with E-state index in [1.807, 2.05) is 26.8 Å². The zero-order valence-electron chi connectivity index (χ0n) is 14.1. The van der Waals surface area contributed by atoms with Crippen molar-refractivity contribution in [1.82, 2.24) is 0 Å². The summed E-state index contributed by atoms with van der Waals surface area (Å²) in [5, 5.41) is 0. The molecule has 0 spiro atoms. The van der Waals surface area contributed by atoms with Gasteiger partial charge in [-0.1, -0.05) is 30.2 Å². The quantitative estimate of drug-likeness (QED) is 0.276. The first-order valence-corrected chi connectivity index (χ1v) is 7.42. The van der Waals surface area contributed by atoms with Gasteiger partial charge in [0.15, 0.2) is 0 Å². The minimum atomic E-state index is -0.268. The topological polar surface area (TPSA) is 26.3 Å². The molecule has 0 aliphatic rings. The molecule has 0 saturated heterocycles. The van der Waals surface area contributed by atoms with Gasteiger partial charge in [0, 0.05) is 6.08 Å². The number of rotatable bonds is 7. The Morgan fingerprint density at radius 1 is 1.10 bits per heavy atom. The van der Waals surface area contributed by atoms with Crippen LogP contribution in [0.2, 0.25) is 0 Å². The summed E-state index contributed by atoms with van der Waals surface area (Å²) in [7, 11) is 0. The van der Waals surface area contributed by atoms with Crippen molar-refractivity contribution in [3.05, 3.63) is 34.9 Å². The third-order valence-corrected chi connectivity index (χ3v) is 3.21. The van der Waals surface area contributed by atoms with Crippen LogP contribution in [0.1, 0.15) is 61.3 Å². The van der Waals surface area contributed by atoms with Gasteiger partial charge in [-0.05, 0) is 65.9 Å². The van der Waals surface area contributed by atoms with E-state index in [4.69, 9.17) is 4.74 Å². The van der Waals surface area contributed by atoms with E-state index in [0.29, 0.717) is 5.92 Å². The molecule has 0 aliphatic carbocycles. The Morgan fingerprint density at radius 2 is 1.70 bits per heavy atom. The molecule has 1 atom stereocenters. The third-order valence-electron chi connectivity index (χ3n) is 3.21. The predicted molar refractivity (Wildman–Crippen MR) is 86.6 cm³/mol. The molecule has 114 valence electrons. The lowest BCUT2D eigenvalue weighted by Gasteiger charge is -2.08. The summed E-state index contributed by atoms with van der Waals surface area (Å²) in [5.74, 6) is 0.240. The number of hydrogen-bond acceptors (Lipinski definition) is 2. The molecule has 0 N–H and O–H groups in total. The maximum atomic E-state index is 11.5. The standard InChI is InChI=1S/C18H30O2/c1-13(2)17(7)11-10-15(5)8-9-16(6)12-18(19)20-14(3)4/h8-9,12,14-15H,10-11H2,1-7H3/b9-8+,16-12+. The van der Waals surface area contributed by atoms with E-state index < -0.39 is 0 Å². The lowest BCUT2D eigenvalue weighted by atomic mass is 9.99. The number of ether oxygens (including phenoxy) is 1. The molecule has 0 aliphatic heterocycles. The lowest BCUT2D eigenvalue weighted by molar-refractivity contribution is -0.141. The number of carbonyl (C=O) groups is 1. The van der Waals surface area contributed by atoms with Crippen molar-refractivity contribution in [3.8, 4) is 0 Å². The van der Waals surface area contributed by atoms with E-state index in [1.165, 1.54) is 11.1 Å². The first-order valence-electron chi connectivity index (χ1n) is 7.42. The van der Waals surface area contributed by atoms with Gasteiger partial charge in [0.05, 0.1) is 6.10 Å². The summed E-state index contributed by atoms with van der Waals surface area (Å²) in [6.45, 7) is 14.3. The SMILES string of the molecule is CC(C)=C(C)CCC(C)/C=C/C(C)=C/C(=O)OC(C)C. The van der Waals surface area contributed by atoms with Crippen LogP contribution in [0.4, 0.5) is 0 Å². The summed E-state index contributed by atoms with van der Waals surface area (Å²) in [6, 6.07) is 0. The molecule has 0 fully saturated rings. The molecule has 0 radical (unpaired) electrons. The van der Waals surface area contributed by atoms with E-state index in [-0.39, 0.29) is 12.1 Å². The minimum Gasteiger partial charge on any atom is -0.460 e. The maximum Gasteiger partial charge on any atom is 0.331 e.